The van der Waals surface area contributed by atoms with Crippen LogP contribution in [0.3, 0.4) is 0 Å². The highest BCUT2D eigenvalue weighted by molar-refractivity contribution is 7.92. The number of nitrogens with one attached hydrogen (secondary N) is 1. The monoisotopic (exact) mass is 607 g/mol. The summed E-state index contributed by atoms with van der Waals surface area (Å²) in [6, 6.07) is 14.9. The highest BCUT2D eigenvalue weighted by Crippen LogP contribution is 2.28. The summed E-state index contributed by atoms with van der Waals surface area (Å²) in [6.45, 7) is 5.08. The van der Waals surface area contributed by atoms with Gasteiger partial charge in [0.05, 0.1) is 10.6 Å². The van der Waals surface area contributed by atoms with Crippen molar-refractivity contribution in [2.24, 2.45) is 0 Å². The number of carbonyl (C=O) groups is 2. The topological polar surface area (TPSA) is 86.8 Å². The number of anilines is 1. The molecule has 3 rings (SSSR count). The van der Waals surface area contributed by atoms with Crippen LogP contribution in [0.5, 0.6) is 0 Å². The van der Waals surface area contributed by atoms with Crippen LogP contribution in [0.25, 0.3) is 0 Å². The van der Waals surface area contributed by atoms with Gasteiger partial charge in [-0.15, -0.1) is 0 Å². The van der Waals surface area contributed by atoms with Crippen molar-refractivity contribution >= 4 is 50.7 Å². The molecule has 3 aromatic carbocycles. The maximum Gasteiger partial charge on any atom is 0.264 e. The number of rotatable bonds is 12. The van der Waals surface area contributed by atoms with Crippen LogP contribution in [0, 0.1) is 12.7 Å². The molecular formula is C29H32Cl2FN3O4S. The molecule has 1 N–H and O–H groups in total. The van der Waals surface area contributed by atoms with Gasteiger partial charge in [-0.1, -0.05) is 60.3 Å². The molecule has 11 heteroatoms. The van der Waals surface area contributed by atoms with E-state index in [-0.39, 0.29) is 17.1 Å². The number of hydrogen-bond acceptors (Lipinski definition) is 4. The Morgan fingerprint density at radius 1 is 0.975 bits per heavy atom. The first-order valence-corrected chi connectivity index (χ1v) is 15.0. The second-order valence-electron chi connectivity index (χ2n) is 9.34. The van der Waals surface area contributed by atoms with Crippen molar-refractivity contribution in [3.63, 3.8) is 0 Å². The van der Waals surface area contributed by atoms with Crippen LogP contribution in [0.2, 0.25) is 10.0 Å². The number of aryl methyl sites for hydroxylation is 1. The maximum absolute atomic E-state index is 13.9. The summed E-state index contributed by atoms with van der Waals surface area (Å²) in [5.74, 6) is -1.64. The van der Waals surface area contributed by atoms with E-state index in [1.54, 1.807) is 49.4 Å². The minimum Gasteiger partial charge on any atom is -0.354 e. The Labute approximate surface area is 244 Å². The van der Waals surface area contributed by atoms with Gasteiger partial charge in [0.2, 0.25) is 11.8 Å². The molecular weight excluding hydrogens is 576 g/mol. The molecule has 0 aromatic heterocycles. The molecule has 0 aliphatic heterocycles. The maximum atomic E-state index is 13.9. The number of hydrogen-bond donors (Lipinski definition) is 1. The third-order valence-electron chi connectivity index (χ3n) is 6.39. The molecule has 0 saturated heterocycles. The zero-order valence-electron chi connectivity index (χ0n) is 22.5. The SMILES string of the molecule is CCCCNC(=O)[C@@H](C)N(Cc1c(Cl)cccc1Cl)C(=O)CN(c1ccc(C)cc1)S(=O)(=O)c1ccc(F)cc1. The standard InChI is InChI=1S/C29H32Cl2FN3O4S/c1-4-5-17-33-29(37)21(3)34(18-25-26(30)7-6-8-27(25)31)28(36)19-35(23-13-9-20(2)10-14-23)40(38,39)24-15-11-22(32)12-16-24/h6-16,21H,4-5,17-19H2,1-3H3,(H,33,37)/t21-/m1/s1. The molecule has 0 aliphatic carbocycles. The minimum absolute atomic E-state index is 0.127. The van der Waals surface area contributed by atoms with E-state index >= 15 is 0 Å². The van der Waals surface area contributed by atoms with E-state index in [9.17, 15) is 22.4 Å². The Morgan fingerprint density at radius 3 is 2.15 bits per heavy atom. The lowest BCUT2D eigenvalue weighted by Gasteiger charge is -2.32. The van der Waals surface area contributed by atoms with Crippen LogP contribution in [0.1, 0.15) is 37.8 Å². The van der Waals surface area contributed by atoms with E-state index in [0.717, 1.165) is 47.0 Å². The van der Waals surface area contributed by atoms with Crippen LogP contribution >= 0.6 is 23.2 Å². The molecule has 1 atom stereocenters. The Kier molecular flexibility index (Phi) is 11.0. The second kappa shape index (κ2) is 14.0. The van der Waals surface area contributed by atoms with Gasteiger partial charge < -0.3 is 10.2 Å². The highest BCUT2D eigenvalue weighted by atomic mass is 35.5. The fraction of sp³-hybridized carbons (Fsp3) is 0.310. The van der Waals surface area contributed by atoms with Gasteiger partial charge in [0.25, 0.3) is 10.0 Å². The molecule has 3 aromatic rings. The summed E-state index contributed by atoms with van der Waals surface area (Å²) in [7, 11) is -4.30. The van der Waals surface area contributed by atoms with Crippen molar-refractivity contribution < 1.29 is 22.4 Å². The first-order valence-electron chi connectivity index (χ1n) is 12.8. The molecule has 214 valence electrons. The molecule has 40 heavy (non-hydrogen) atoms. The molecule has 2 amide bonds. The lowest BCUT2D eigenvalue weighted by Crippen LogP contribution is -2.51. The van der Waals surface area contributed by atoms with Gasteiger partial charge in [-0.3, -0.25) is 13.9 Å². The zero-order valence-corrected chi connectivity index (χ0v) is 24.9. The van der Waals surface area contributed by atoms with Gasteiger partial charge in [0.1, 0.15) is 18.4 Å². The van der Waals surface area contributed by atoms with Gasteiger partial charge in [0, 0.05) is 28.7 Å². The van der Waals surface area contributed by atoms with Crippen molar-refractivity contribution in [3.8, 4) is 0 Å². The van der Waals surface area contributed by atoms with Crippen LogP contribution in [-0.2, 0) is 26.2 Å². The third-order valence-corrected chi connectivity index (χ3v) is 8.89. The number of sulfonamides is 1. The normalized spacial score (nSPS) is 12.1. The van der Waals surface area contributed by atoms with Crippen LogP contribution in [0.15, 0.2) is 71.6 Å². The highest BCUT2D eigenvalue weighted by Gasteiger charge is 2.33. The second-order valence-corrected chi connectivity index (χ2v) is 12.0. The first-order chi connectivity index (χ1) is 18.9. The van der Waals surface area contributed by atoms with E-state index in [2.05, 4.69) is 5.32 Å². The lowest BCUT2D eigenvalue weighted by molar-refractivity contribution is -0.139. The summed E-state index contributed by atoms with van der Waals surface area (Å²) in [4.78, 5) is 28.0. The number of benzene rings is 3. The summed E-state index contributed by atoms with van der Waals surface area (Å²) < 4.78 is 42.0. The molecule has 0 radical (unpaired) electrons. The number of nitrogens with zero attached hydrogens (tertiary/aromatic N) is 2. The predicted octanol–water partition coefficient (Wildman–Crippen LogP) is 5.97. The van der Waals surface area contributed by atoms with Crippen LogP contribution in [0.4, 0.5) is 10.1 Å². The number of amides is 2. The van der Waals surface area contributed by atoms with Crippen LogP contribution in [-0.4, -0.2) is 44.3 Å². The number of unbranched alkanes of at least 4 members (excludes halogenated alkanes) is 1. The minimum atomic E-state index is -4.30. The van der Waals surface area contributed by atoms with Crippen molar-refractivity contribution in [1.29, 1.82) is 0 Å². The molecule has 0 fully saturated rings. The quantitative estimate of drug-likeness (QED) is 0.257. The van der Waals surface area contributed by atoms with E-state index < -0.39 is 40.2 Å². The first kappa shape index (κ1) is 31.4. The molecule has 0 aliphatic rings. The van der Waals surface area contributed by atoms with Gasteiger partial charge in [-0.25, -0.2) is 12.8 Å². The molecule has 0 saturated carbocycles. The number of halogens is 3. The Hall–Kier alpha value is -3.14. The Morgan fingerprint density at radius 2 is 1.57 bits per heavy atom. The van der Waals surface area contributed by atoms with E-state index in [0.29, 0.717) is 22.2 Å². The largest absolute Gasteiger partial charge is 0.354 e. The third kappa shape index (κ3) is 7.74. The summed E-state index contributed by atoms with van der Waals surface area (Å²) in [6.07, 6.45) is 1.64. The molecule has 0 unspecified atom stereocenters. The van der Waals surface area contributed by atoms with Gasteiger partial charge in [0.15, 0.2) is 0 Å². The average Bonchev–Trinajstić information content (AvgIpc) is 2.92. The Bertz CT molecular complexity index is 1410. The van der Waals surface area contributed by atoms with E-state index in [1.165, 1.54) is 4.90 Å². The molecule has 0 bridgehead atoms. The van der Waals surface area contributed by atoms with E-state index in [1.807, 2.05) is 13.8 Å². The zero-order chi connectivity index (χ0) is 29.4. The predicted molar refractivity (Wildman–Crippen MR) is 157 cm³/mol. The fourth-order valence-electron chi connectivity index (χ4n) is 3.95. The summed E-state index contributed by atoms with van der Waals surface area (Å²) >= 11 is 12.8. The van der Waals surface area contributed by atoms with Crippen molar-refractivity contribution in [1.82, 2.24) is 10.2 Å². The van der Waals surface area contributed by atoms with Crippen LogP contribution < -0.4 is 9.62 Å². The lowest BCUT2D eigenvalue weighted by atomic mass is 10.1. The summed E-state index contributed by atoms with van der Waals surface area (Å²) in [5, 5.41) is 3.43. The van der Waals surface area contributed by atoms with Crippen molar-refractivity contribution in [2.75, 3.05) is 17.4 Å². The average molecular weight is 609 g/mol. The van der Waals surface area contributed by atoms with Crippen molar-refractivity contribution in [2.45, 2.75) is 51.1 Å². The van der Waals surface area contributed by atoms with Gasteiger partial charge in [-0.05, 0) is 68.8 Å². The molecule has 7 nitrogen and oxygen atoms in total. The van der Waals surface area contributed by atoms with Gasteiger partial charge >= 0.3 is 0 Å². The molecule has 0 heterocycles. The fourth-order valence-corrected chi connectivity index (χ4v) is 5.88. The Balaban J connectivity index is 2.03. The summed E-state index contributed by atoms with van der Waals surface area (Å²) in [5.41, 5.74) is 1.55. The van der Waals surface area contributed by atoms with Crippen molar-refractivity contribution in [3.05, 3.63) is 93.7 Å². The van der Waals surface area contributed by atoms with E-state index in [4.69, 9.17) is 23.2 Å². The van der Waals surface area contributed by atoms with Gasteiger partial charge in [-0.2, -0.15) is 0 Å². The number of carbonyl (C=O) groups excluding carboxylic acids is 2. The smallest absolute Gasteiger partial charge is 0.264 e. The molecule has 0 spiro atoms.